The van der Waals surface area contributed by atoms with Crippen LogP contribution in [0.5, 0.6) is 0 Å². The van der Waals surface area contributed by atoms with Crippen LogP contribution >= 0.6 is 0 Å². The normalized spacial score (nSPS) is 12.6. The number of nitrogens with zero attached hydrogens (tertiary/aromatic N) is 1. The Morgan fingerprint density at radius 1 is 0.553 bits per heavy atom. The van der Waals surface area contributed by atoms with E-state index in [2.05, 4.69) is 142 Å². The number of benzene rings is 3. The molecule has 0 radical (unpaired) electrons. The van der Waals surface area contributed by atoms with Gasteiger partial charge in [-0.1, -0.05) is 118 Å². The summed E-state index contributed by atoms with van der Waals surface area (Å²) < 4.78 is 0. The monoisotopic (exact) mass is 511 g/mol. The van der Waals surface area contributed by atoms with Gasteiger partial charge in [-0.05, 0) is 95.0 Å². The summed E-state index contributed by atoms with van der Waals surface area (Å²) in [6.45, 7) is 25.5. The molecule has 0 unspecified atom stereocenters. The smallest absolute Gasteiger partial charge is 0.0520 e. The number of unbranched alkanes of at least 4 members (excludes halogenated alkanes) is 1. The van der Waals surface area contributed by atoms with Crippen molar-refractivity contribution in [3.63, 3.8) is 0 Å². The second-order valence-corrected chi connectivity index (χ2v) is 13.8. The maximum atomic E-state index is 2.47. The molecule has 206 valence electrons. The number of hydrogen-bond donors (Lipinski definition) is 0. The molecule has 3 aromatic rings. The van der Waals surface area contributed by atoms with Gasteiger partial charge in [0.25, 0.3) is 0 Å². The molecule has 0 atom stereocenters. The van der Waals surface area contributed by atoms with Gasteiger partial charge >= 0.3 is 0 Å². The number of rotatable bonds is 10. The van der Waals surface area contributed by atoms with Gasteiger partial charge in [-0.2, -0.15) is 0 Å². The van der Waals surface area contributed by atoms with Crippen LogP contribution in [0.3, 0.4) is 0 Å². The average molecular weight is 512 g/mol. The summed E-state index contributed by atoms with van der Waals surface area (Å²) in [6.07, 6.45) is 6.11. The Balaban J connectivity index is 2.14. The van der Waals surface area contributed by atoms with Gasteiger partial charge in [-0.25, -0.2) is 0 Å². The van der Waals surface area contributed by atoms with Crippen molar-refractivity contribution in [1.82, 2.24) is 0 Å². The van der Waals surface area contributed by atoms with Crippen molar-refractivity contribution in [1.29, 1.82) is 0 Å². The fraction of sp³-hybridized carbons (Fsp3) is 0.514. The Bertz CT molecular complexity index is 1160. The lowest BCUT2D eigenvalue weighted by molar-refractivity contribution is 0.458. The lowest BCUT2D eigenvalue weighted by atomic mass is 9.80. The first-order valence-electron chi connectivity index (χ1n) is 14.8. The summed E-state index contributed by atoms with van der Waals surface area (Å²) in [4.78, 5) is 2.47. The highest BCUT2D eigenvalue weighted by molar-refractivity contribution is 5.81. The van der Waals surface area contributed by atoms with E-state index in [9.17, 15) is 0 Å². The molecular formula is C37H53N. The molecule has 0 bridgehead atoms. The number of aryl methyl sites for hydroxylation is 2. The second kappa shape index (κ2) is 11.7. The fourth-order valence-electron chi connectivity index (χ4n) is 5.80. The number of hydrogen-bond acceptors (Lipinski definition) is 1. The molecule has 0 aliphatic carbocycles. The van der Waals surface area contributed by atoms with Crippen LogP contribution in [0.25, 0.3) is 0 Å². The van der Waals surface area contributed by atoms with Gasteiger partial charge in [0.15, 0.2) is 0 Å². The maximum Gasteiger partial charge on any atom is 0.0520 e. The largest absolute Gasteiger partial charge is 0.310 e. The third kappa shape index (κ3) is 6.71. The highest BCUT2D eigenvalue weighted by atomic mass is 15.1. The first-order valence-corrected chi connectivity index (χ1v) is 14.8. The lowest BCUT2D eigenvalue weighted by Crippen LogP contribution is -2.19. The van der Waals surface area contributed by atoms with Crippen molar-refractivity contribution in [2.45, 2.75) is 125 Å². The predicted molar refractivity (Wildman–Crippen MR) is 170 cm³/mol. The molecule has 0 spiro atoms. The van der Waals surface area contributed by atoms with Crippen molar-refractivity contribution >= 4 is 17.1 Å². The van der Waals surface area contributed by atoms with Gasteiger partial charge in [0.05, 0.1) is 5.69 Å². The van der Waals surface area contributed by atoms with Crippen LogP contribution in [0.15, 0.2) is 60.7 Å². The van der Waals surface area contributed by atoms with E-state index in [0.717, 1.165) is 0 Å². The zero-order valence-electron chi connectivity index (χ0n) is 26.3. The van der Waals surface area contributed by atoms with Crippen molar-refractivity contribution < 1.29 is 0 Å². The van der Waals surface area contributed by atoms with Crippen molar-refractivity contribution in [2.75, 3.05) is 4.90 Å². The van der Waals surface area contributed by atoms with E-state index < -0.39 is 0 Å². The van der Waals surface area contributed by atoms with Crippen LogP contribution in [0.2, 0.25) is 0 Å². The van der Waals surface area contributed by atoms with Crippen LogP contribution < -0.4 is 4.90 Å². The lowest BCUT2D eigenvalue weighted by Gasteiger charge is -2.32. The first-order chi connectivity index (χ1) is 17.7. The van der Waals surface area contributed by atoms with Crippen molar-refractivity contribution in [3.05, 3.63) is 88.5 Å². The minimum Gasteiger partial charge on any atom is -0.310 e. The van der Waals surface area contributed by atoms with Gasteiger partial charge in [-0.3, -0.25) is 0 Å². The van der Waals surface area contributed by atoms with Crippen LogP contribution in [0.4, 0.5) is 17.1 Å². The van der Waals surface area contributed by atoms with E-state index in [4.69, 9.17) is 0 Å². The third-order valence-corrected chi connectivity index (χ3v) is 8.42. The second-order valence-electron chi connectivity index (χ2n) is 13.8. The molecule has 0 saturated carbocycles. The highest BCUT2D eigenvalue weighted by Crippen LogP contribution is 2.42. The maximum absolute atomic E-state index is 2.47. The molecular weight excluding hydrogens is 458 g/mol. The van der Waals surface area contributed by atoms with E-state index in [1.807, 2.05) is 0 Å². The van der Waals surface area contributed by atoms with Crippen molar-refractivity contribution in [3.8, 4) is 0 Å². The molecule has 0 aliphatic rings. The van der Waals surface area contributed by atoms with Crippen LogP contribution in [-0.4, -0.2) is 0 Å². The van der Waals surface area contributed by atoms with Gasteiger partial charge in [0.2, 0.25) is 0 Å². The highest BCUT2D eigenvalue weighted by Gasteiger charge is 2.24. The summed E-state index contributed by atoms with van der Waals surface area (Å²) >= 11 is 0. The Labute approximate surface area is 234 Å². The Morgan fingerprint density at radius 3 is 1.34 bits per heavy atom. The SMILES string of the molecule is CCCCC(C)(C)c1ccc(N(c2ccc(C(C)(C)CCC)cc2)c2c(C)cc(C(C)(C)C)cc2C)cc1. The molecule has 0 saturated heterocycles. The summed E-state index contributed by atoms with van der Waals surface area (Å²) in [7, 11) is 0. The van der Waals surface area contributed by atoms with Crippen LogP contribution in [0.1, 0.15) is 122 Å². The molecule has 0 heterocycles. The Morgan fingerprint density at radius 2 is 0.974 bits per heavy atom. The van der Waals surface area contributed by atoms with E-state index in [1.54, 1.807) is 0 Å². The first kappa shape index (κ1) is 30.0. The topological polar surface area (TPSA) is 3.24 Å². The van der Waals surface area contributed by atoms with E-state index in [-0.39, 0.29) is 16.2 Å². The molecule has 0 fully saturated rings. The molecule has 0 aliphatic heterocycles. The van der Waals surface area contributed by atoms with Crippen LogP contribution in [-0.2, 0) is 16.2 Å². The molecule has 1 heteroatoms. The molecule has 38 heavy (non-hydrogen) atoms. The zero-order chi connectivity index (χ0) is 28.3. The molecule has 0 aromatic heterocycles. The van der Waals surface area contributed by atoms with Gasteiger partial charge in [0, 0.05) is 11.4 Å². The summed E-state index contributed by atoms with van der Waals surface area (Å²) in [5.74, 6) is 0. The van der Waals surface area contributed by atoms with Gasteiger partial charge in [0.1, 0.15) is 0 Å². The molecule has 3 rings (SSSR count). The molecule has 1 nitrogen and oxygen atoms in total. The standard InChI is InChI=1S/C37H53N/c1-12-14-24-37(10,11)30-17-21-33(22-18-30)38(32-19-15-29(16-20-32)36(8,9)23-13-2)34-27(3)25-31(26-28(34)4)35(5,6)7/h15-22,25-26H,12-14,23-24H2,1-11H3. The predicted octanol–water partition coefficient (Wildman–Crippen LogP) is 11.6. The van der Waals surface area contributed by atoms with E-state index in [1.165, 1.54) is 77.0 Å². The minimum atomic E-state index is 0.122. The summed E-state index contributed by atoms with van der Waals surface area (Å²) in [5, 5.41) is 0. The minimum absolute atomic E-state index is 0.122. The van der Waals surface area contributed by atoms with Gasteiger partial charge < -0.3 is 4.90 Å². The summed E-state index contributed by atoms with van der Waals surface area (Å²) in [5.41, 5.74) is 11.1. The third-order valence-electron chi connectivity index (χ3n) is 8.42. The zero-order valence-corrected chi connectivity index (χ0v) is 26.3. The Hall–Kier alpha value is -2.54. The number of anilines is 3. The summed E-state index contributed by atoms with van der Waals surface area (Å²) in [6, 6.07) is 23.5. The van der Waals surface area contributed by atoms with Gasteiger partial charge in [-0.15, -0.1) is 0 Å². The van der Waals surface area contributed by atoms with E-state index >= 15 is 0 Å². The molecule has 0 amide bonds. The average Bonchev–Trinajstić information content (AvgIpc) is 2.84. The Kier molecular flexibility index (Phi) is 9.23. The fourth-order valence-corrected chi connectivity index (χ4v) is 5.80. The van der Waals surface area contributed by atoms with E-state index in [0.29, 0.717) is 0 Å². The van der Waals surface area contributed by atoms with Crippen molar-refractivity contribution in [2.24, 2.45) is 0 Å². The molecule has 0 N–H and O–H groups in total. The van der Waals surface area contributed by atoms with Crippen LogP contribution in [0, 0.1) is 13.8 Å². The molecule has 3 aromatic carbocycles. The quantitative estimate of drug-likeness (QED) is 0.261.